The van der Waals surface area contributed by atoms with E-state index < -0.39 is 16.1 Å². The van der Waals surface area contributed by atoms with Crippen molar-refractivity contribution in [3.8, 4) is 34.1 Å². The second kappa shape index (κ2) is 7.17. The summed E-state index contributed by atoms with van der Waals surface area (Å²) in [7, 11) is -2.82. The Balaban J connectivity index is 2.03. The average molecular weight is 389 g/mol. The van der Waals surface area contributed by atoms with Gasteiger partial charge in [-0.1, -0.05) is 63.3 Å². The van der Waals surface area contributed by atoms with Crippen molar-refractivity contribution in [1.29, 1.82) is 0 Å². The standard InChI is InChI=1S/C24H28OSi2/c1-26(2,3)13-11-18-7-9-20-21-10-8-19(12-14-27(4,5)6)16-23(21)24(17-25)22(20)15-18/h7-10,15-16,24-25H,17H2,1-6H3. The van der Waals surface area contributed by atoms with E-state index in [2.05, 4.69) is 98.6 Å². The lowest BCUT2D eigenvalue weighted by Gasteiger charge is -2.10. The van der Waals surface area contributed by atoms with Crippen LogP contribution in [0.3, 0.4) is 0 Å². The van der Waals surface area contributed by atoms with Crippen LogP contribution in [0.25, 0.3) is 11.1 Å². The van der Waals surface area contributed by atoms with Crippen molar-refractivity contribution in [2.75, 3.05) is 6.61 Å². The molecule has 0 amide bonds. The van der Waals surface area contributed by atoms with E-state index in [1.54, 1.807) is 0 Å². The smallest absolute Gasteiger partial charge is 0.129 e. The molecule has 2 aromatic rings. The van der Waals surface area contributed by atoms with Crippen LogP contribution in [0, 0.1) is 22.9 Å². The Labute approximate surface area is 165 Å². The maximum atomic E-state index is 10.1. The van der Waals surface area contributed by atoms with Gasteiger partial charge in [0.2, 0.25) is 0 Å². The minimum absolute atomic E-state index is 0.0114. The van der Waals surface area contributed by atoms with E-state index in [1.807, 2.05) is 0 Å². The van der Waals surface area contributed by atoms with E-state index in [-0.39, 0.29) is 12.5 Å². The van der Waals surface area contributed by atoms with Gasteiger partial charge in [0.05, 0.1) is 6.61 Å². The van der Waals surface area contributed by atoms with E-state index in [9.17, 15) is 5.11 Å². The van der Waals surface area contributed by atoms with E-state index in [0.717, 1.165) is 11.1 Å². The molecule has 0 saturated carbocycles. The molecule has 3 rings (SSSR count). The quantitative estimate of drug-likeness (QED) is 0.522. The van der Waals surface area contributed by atoms with Gasteiger partial charge in [-0.15, -0.1) is 11.1 Å². The Morgan fingerprint density at radius 1 is 0.741 bits per heavy atom. The number of hydrogen-bond acceptors (Lipinski definition) is 1. The lowest BCUT2D eigenvalue weighted by atomic mass is 9.96. The van der Waals surface area contributed by atoms with Crippen molar-refractivity contribution in [1.82, 2.24) is 0 Å². The Kier molecular flexibility index (Phi) is 5.23. The maximum Gasteiger partial charge on any atom is 0.129 e. The highest BCUT2D eigenvalue weighted by Crippen LogP contribution is 2.45. The van der Waals surface area contributed by atoms with Gasteiger partial charge >= 0.3 is 0 Å². The summed E-state index contributed by atoms with van der Waals surface area (Å²) in [5.41, 5.74) is 13.8. The second-order valence-corrected chi connectivity index (χ2v) is 18.8. The van der Waals surface area contributed by atoms with Crippen LogP contribution in [-0.4, -0.2) is 27.9 Å². The number of fused-ring (bicyclic) bond motifs is 3. The molecule has 0 aliphatic heterocycles. The number of aliphatic hydroxyl groups is 1. The fourth-order valence-corrected chi connectivity index (χ4v) is 4.27. The summed E-state index contributed by atoms with van der Waals surface area (Å²) in [6.45, 7) is 13.6. The highest BCUT2D eigenvalue weighted by atomic mass is 28.3. The SMILES string of the molecule is C[Si](C)(C)C#Cc1ccc2c(c1)C(CO)c1cc(C#C[Si](C)(C)C)ccc1-2. The fraction of sp³-hybridized carbons (Fsp3) is 0.333. The predicted molar refractivity (Wildman–Crippen MR) is 121 cm³/mol. The first kappa shape index (κ1) is 19.7. The molecule has 3 heteroatoms. The zero-order chi connectivity index (χ0) is 19.8. The van der Waals surface area contributed by atoms with E-state index >= 15 is 0 Å². The lowest BCUT2D eigenvalue weighted by molar-refractivity contribution is 0.282. The Bertz CT molecular complexity index is 918. The van der Waals surface area contributed by atoms with Crippen LogP contribution in [0.1, 0.15) is 28.2 Å². The third-order valence-corrected chi connectivity index (χ3v) is 6.24. The average Bonchev–Trinajstić information content (AvgIpc) is 2.89. The molecule has 27 heavy (non-hydrogen) atoms. The molecule has 0 heterocycles. The van der Waals surface area contributed by atoms with Crippen LogP contribution >= 0.6 is 0 Å². The van der Waals surface area contributed by atoms with Gasteiger partial charge in [-0.2, -0.15) is 0 Å². The molecule has 0 fully saturated rings. The molecular weight excluding hydrogens is 360 g/mol. The largest absolute Gasteiger partial charge is 0.395 e. The minimum atomic E-state index is -1.41. The second-order valence-electron chi connectivity index (χ2n) is 9.34. The Morgan fingerprint density at radius 3 is 1.48 bits per heavy atom. The molecule has 2 aromatic carbocycles. The number of hydrogen-bond donors (Lipinski definition) is 1. The molecule has 0 bridgehead atoms. The summed E-state index contributed by atoms with van der Waals surface area (Å²) < 4.78 is 0. The zero-order valence-corrected chi connectivity index (χ0v) is 19.2. The zero-order valence-electron chi connectivity index (χ0n) is 17.2. The summed E-state index contributed by atoms with van der Waals surface area (Å²) in [6.07, 6.45) is 0. The van der Waals surface area contributed by atoms with Crippen LogP contribution in [-0.2, 0) is 0 Å². The summed E-state index contributed by atoms with van der Waals surface area (Å²) >= 11 is 0. The van der Waals surface area contributed by atoms with E-state index in [0.29, 0.717) is 0 Å². The van der Waals surface area contributed by atoms with Gasteiger partial charge in [0.15, 0.2) is 0 Å². The molecule has 138 valence electrons. The van der Waals surface area contributed by atoms with Crippen molar-refractivity contribution >= 4 is 16.1 Å². The Hall–Kier alpha value is -2.05. The molecule has 0 unspecified atom stereocenters. The van der Waals surface area contributed by atoms with Gasteiger partial charge in [-0.3, -0.25) is 0 Å². The number of rotatable bonds is 1. The molecule has 1 aliphatic carbocycles. The van der Waals surface area contributed by atoms with Gasteiger partial charge in [-0.25, -0.2) is 0 Å². The number of aliphatic hydroxyl groups excluding tert-OH is 1. The highest BCUT2D eigenvalue weighted by molar-refractivity contribution is 6.84. The topological polar surface area (TPSA) is 20.2 Å². The van der Waals surface area contributed by atoms with Crippen LogP contribution in [0.2, 0.25) is 39.3 Å². The molecule has 1 nitrogen and oxygen atoms in total. The molecule has 0 saturated heterocycles. The maximum absolute atomic E-state index is 10.1. The van der Waals surface area contributed by atoms with Gasteiger partial charge in [0.25, 0.3) is 0 Å². The summed E-state index contributed by atoms with van der Waals surface area (Å²) in [5, 5.41) is 10.1. The van der Waals surface area contributed by atoms with Gasteiger partial charge < -0.3 is 5.11 Å². The van der Waals surface area contributed by atoms with Crippen LogP contribution in [0.5, 0.6) is 0 Å². The molecule has 0 atom stereocenters. The van der Waals surface area contributed by atoms with Crippen molar-refractivity contribution in [2.24, 2.45) is 0 Å². The van der Waals surface area contributed by atoms with Crippen LogP contribution < -0.4 is 0 Å². The predicted octanol–water partition coefficient (Wildman–Crippen LogP) is 5.25. The monoisotopic (exact) mass is 388 g/mol. The van der Waals surface area contributed by atoms with Crippen molar-refractivity contribution in [3.63, 3.8) is 0 Å². The van der Waals surface area contributed by atoms with Crippen molar-refractivity contribution in [2.45, 2.75) is 45.2 Å². The first-order valence-corrected chi connectivity index (χ1v) is 16.5. The first-order valence-electron chi connectivity index (χ1n) is 9.53. The van der Waals surface area contributed by atoms with Crippen LogP contribution in [0.4, 0.5) is 0 Å². The van der Waals surface area contributed by atoms with E-state index in [4.69, 9.17) is 0 Å². The van der Waals surface area contributed by atoms with Gasteiger partial charge in [0.1, 0.15) is 16.1 Å². The van der Waals surface area contributed by atoms with Gasteiger partial charge in [-0.05, 0) is 46.5 Å². The summed E-state index contributed by atoms with van der Waals surface area (Å²) in [6, 6.07) is 12.9. The molecule has 1 N–H and O–H groups in total. The highest BCUT2D eigenvalue weighted by Gasteiger charge is 2.28. The molecular formula is C24H28OSi2. The van der Waals surface area contributed by atoms with E-state index in [1.165, 1.54) is 22.3 Å². The lowest BCUT2D eigenvalue weighted by Crippen LogP contribution is -2.16. The molecule has 0 spiro atoms. The minimum Gasteiger partial charge on any atom is -0.395 e. The van der Waals surface area contributed by atoms with Crippen molar-refractivity contribution < 1.29 is 5.11 Å². The summed E-state index contributed by atoms with van der Waals surface area (Å²) in [5.74, 6) is 6.70. The fourth-order valence-electron chi connectivity index (χ4n) is 3.23. The third-order valence-electron chi connectivity index (χ3n) is 4.49. The first-order chi connectivity index (χ1) is 12.6. The third kappa shape index (κ3) is 4.63. The molecule has 1 aliphatic rings. The molecule has 0 radical (unpaired) electrons. The molecule has 0 aromatic heterocycles. The number of benzene rings is 2. The Morgan fingerprint density at radius 2 is 1.15 bits per heavy atom. The van der Waals surface area contributed by atoms with Crippen LogP contribution in [0.15, 0.2) is 36.4 Å². The summed E-state index contributed by atoms with van der Waals surface area (Å²) in [4.78, 5) is 0. The van der Waals surface area contributed by atoms with Gasteiger partial charge in [0, 0.05) is 17.0 Å². The normalized spacial score (nSPS) is 13.1. The van der Waals surface area contributed by atoms with Crippen molar-refractivity contribution in [3.05, 3.63) is 58.7 Å².